The highest BCUT2D eigenvalue weighted by Crippen LogP contribution is 2.33. The van der Waals surface area contributed by atoms with E-state index < -0.39 is 23.6 Å². The molecule has 2 heterocycles. The third-order valence-electron chi connectivity index (χ3n) is 5.94. The molecule has 0 aliphatic carbocycles. The van der Waals surface area contributed by atoms with Crippen LogP contribution in [0.3, 0.4) is 0 Å². The highest BCUT2D eigenvalue weighted by Gasteiger charge is 2.39. The summed E-state index contributed by atoms with van der Waals surface area (Å²) in [5.74, 6) is -3.67. The number of amides is 1. The molecule has 1 aromatic heterocycles. The number of carbonyl (C=O) groups excluding carboxylic acids is 3. The fourth-order valence-corrected chi connectivity index (χ4v) is 4.21. The number of nitrogens with one attached hydrogen (secondary N) is 2. The number of fused-ring (bicyclic) bond motifs is 3. The highest BCUT2D eigenvalue weighted by molar-refractivity contribution is 6.16. The number of phenols is 1. The van der Waals surface area contributed by atoms with E-state index in [1.165, 1.54) is 20.0 Å². The maximum absolute atomic E-state index is 13.2. The summed E-state index contributed by atoms with van der Waals surface area (Å²) in [6.45, 7) is 2.92. The maximum atomic E-state index is 13.2. The molecule has 0 atom stereocenters. The van der Waals surface area contributed by atoms with Gasteiger partial charge in [-0.15, -0.1) is 0 Å². The number of cyclic esters (lactones) is 2. The van der Waals surface area contributed by atoms with Gasteiger partial charge in [-0.2, -0.15) is 0 Å². The number of aryl methyl sites for hydroxylation is 1. The Morgan fingerprint density at radius 1 is 0.917 bits per heavy atom. The molecule has 36 heavy (non-hydrogen) atoms. The van der Waals surface area contributed by atoms with Crippen molar-refractivity contribution in [3.05, 3.63) is 78.0 Å². The van der Waals surface area contributed by atoms with E-state index in [-0.39, 0.29) is 16.9 Å². The van der Waals surface area contributed by atoms with Gasteiger partial charge in [-0.05, 0) is 24.3 Å². The molecule has 0 bridgehead atoms. The van der Waals surface area contributed by atoms with Gasteiger partial charge in [-0.3, -0.25) is 4.79 Å². The molecule has 4 aromatic rings. The molecular formula is C27H23N3O6. The Balaban J connectivity index is 1.44. The maximum Gasteiger partial charge on any atom is 0.350 e. The number of hydrogen-bond donors (Lipinski definition) is 3. The van der Waals surface area contributed by atoms with Gasteiger partial charge in [0.2, 0.25) is 0 Å². The van der Waals surface area contributed by atoms with Crippen molar-refractivity contribution >= 4 is 51.0 Å². The minimum absolute atomic E-state index is 0.105. The van der Waals surface area contributed by atoms with Crippen molar-refractivity contribution in [1.29, 1.82) is 0 Å². The molecule has 1 aliphatic heterocycles. The number of nitrogens with zero attached hydrogens (tertiary/aromatic N) is 1. The second-order valence-electron chi connectivity index (χ2n) is 8.84. The summed E-state index contributed by atoms with van der Waals surface area (Å²) in [6.07, 6.45) is 1.17. The Morgan fingerprint density at radius 3 is 2.28 bits per heavy atom. The Bertz CT molecular complexity index is 1580. The number of hydrogen-bond acceptors (Lipinski definition) is 7. The normalized spacial score (nSPS) is 14.9. The lowest BCUT2D eigenvalue weighted by Crippen LogP contribution is -2.42. The fraction of sp³-hybridized carbons (Fsp3) is 0.148. The van der Waals surface area contributed by atoms with Crippen LogP contribution < -0.4 is 10.6 Å². The van der Waals surface area contributed by atoms with E-state index in [9.17, 15) is 19.5 Å². The van der Waals surface area contributed by atoms with Crippen molar-refractivity contribution in [2.45, 2.75) is 19.6 Å². The first-order valence-corrected chi connectivity index (χ1v) is 11.2. The van der Waals surface area contributed by atoms with Crippen molar-refractivity contribution in [2.75, 3.05) is 10.6 Å². The molecule has 1 saturated heterocycles. The molecule has 0 spiro atoms. The molecule has 0 unspecified atom stereocenters. The van der Waals surface area contributed by atoms with E-state index in [2.05, 4.69) is 10.6 Å². The van der Waals surface area contributed by atoms with Gasteiger partial charge in [-0.25, -0.2) is 9.59 Å². The monoisotopic (exact) mass is 485 g/mol. The van der Waals surface area contributed by atoms with E-state index in [0.717, 1.165) is 21.8 Å². The summed E-state index contributed by atoms with van der Waals surface area (Å²) in [7, 11) is 1.90. The number of esters is 2. The largest absolute Gasteiger partial charge is 0.507 e. The molecule has 0 saturated carbocycles. The molecule has 3 N–H and O–H groups in total. The molecule has 0 radical (unpaired) electrons. The lowest BCUT2D eigenvalue weighted by atomic mass is 10.1. The molecule has 5 rings (SSSR count). The zero-order chi connectivity index (χ0) is 25.6. The molecule has 1 amide bonds. The van der Waals surface area contributed by atoms with E-state index in [4.69, 9.17) is 9.47 Å². The van der Waals surface area contributed by atoms with E-state index in [1.807, 2.05) is 35.9 Å². The summed E-state index contributed by atoms with van der Waals surface area (Å²) in [4.78, 5) is 37.6. The predicted octanol–water partition coefficient (Wildman–Crippen LogP) is 4.42. The van der Waals surface area contributed by atoms with Crippen molar-refractivity contribution < 1.29 is 29.0 Å². The number of rotatable bonds is 4. The van der Waals surface area contributed by atoms with Crippen LogP contribution in [-0.4, -0.2) is 33.3 Å². The van der Waals surface area contributed by atoms with Crippen LogP contribution >= 0.6 is 0 Å². The third kappa shape index (κ3) is 4.00. The lowest BCUT2D eigenvalue weighted by molar-refractivity contribution is -0.222. The number of para-hydroxylation sites is 3. The van der Waals surface area contributed by atoms with Gasteiger partial charge < -0.3 is 29.8 Å². The Labute approximate surface area is 205 Å². The highest BCUT2D eigenvalue weighted by atomic mass is 16.7. The summed E-state index contributed by atoms with van der Waals surface area (Å²) in [5, 5.41) is 18.1. The first-order valence-electron chi connectivity index (χ1n) is 11.2. The standard InChI is InChI=1S/C27H23N3O6/c1-27(2)35-25(33)18(26(34)36-27)14-28-19-9-5-6-10-20(19)29-24(32)17-12-16-15-8-4-7-11-21(15)30(3)22(16)13-23(17)31/h4-14,28,31H,1-3H3,(H,29,32). The van der Waals surface area contributed by atoms with E-state index >= 15 is 0 Å². The minimum Gasteiger partial charge on any atom is -0.507 e. The second-order valence-corrected chi connectivity index (χ2v) is 8.84. The predicted molar refractivity (Wildman–Crippen MR) is 134 cm³/mol. The number of aromatic nitrogens is 1. The topological polar surface area (TPSA) is 119 Å². The van der Waals surface area contributed by atoms with Crippen LogP contribution in [0.15, 0.2) is 72.4 Å². The smallest absolute Gasteiger partial charge is 0.350 e. The van der Waals surface area contributed by atoms with Crippen LogP contribution in [0.1, 0.15) is 24.2 Å². The number of aromatic hydroxyl groups is 1. The van der Waals surface area contributed by atoms with Crippen LogP contribution in [0.2, 0.25) is 0 Å². The van der Waals surface area contributed by atoms with Gasteiger partial charge in [-0.1, -0.05) is 30.3 Å². The van der Waals surface area contributed by atoms with Gasteiger partial charge in [0.25, 0.3) is 11.7 Å². The second kappa shape index (κ2) is 8.46. The number of anilines is 2. The van der Waals surface area contributed by atoms with E-state index in [1.54, 1.807) is 36.4 Å². The summed E-state index contributed by atoms with van der Waals surface area (Å²) in [5.41, 5.74) is 2.36. The SMILES string of the molecule is Cn1c2ccccc2c2cc(C(=O)Nc3ccccc3NC=C3C(=O)OC(C)(C)OC3=O)c(O)cc21. The van der Waals surface area contributed by atoms with Crippen LogP contribution in [0.25, 0.3) is 21.8 Å². The van der Waals surface area contributed by atoms with Crippen LogP contribution in [-0.2, 0) is 26.1 Å². The van der Waals surface area contributed by atoms with Crippen LogP contribution in [0.5, 0.6) is 5.75 Å². The van der Waals surface area contributed by atoms with Crippen molar-refractivity contribution in [2.24, 2.45) is 7.05 Å². The number of carbonyl (C=O) groups is 3. The summed E-state index contributed by atoms with van der Waals surface area (Å²) >= 11 is 0. The summed E-state index contributed by atoms with van der Waals surface area (Å²) in [6, 6.07) is 17.8. The minimum atomic E-state index is -1.34. The summed E-state index contributed by atoms with van der Waals surface area (Å²) < 4.78 is 12.1. The zero-order valence-corrected chi connectivity index (χ0v) is 19.8. The van der Waals surface area contributed by atoms with Gasteiger partial charge in [0, 0.05) is 49.5 Å². The molecule has 9 heteroatoms. The van der Waals surface area contributed by atoms with Crippen molar-refractivity contribution in [3.8, 4) is 5.75 Å². The zero-order valence-electron chi connectivity index (χ0n) is 19.8. The quantitative estimate of drug-likeness (QED) is 0.222. The first-order chi connectivity index (χ1) is 17.1. The molecular weight excluding hydrogens is 462 g/mol. The van der Waals surface area contributed by atoms with Gasteiger partial charge in [0.15, 0.2) is 5.57 Å². The lowest BCUT2D eigenvalue weighted by Gasteiger charge is -2.29. The first kappa shape index (κ1) is 23.0. The fourth-order valence-electron chi connectivity index (χ4n) is 4.21. The molecule has 9 nitrogen and oxygen atoms in total. The number of ether oxygens (including phenoxy) is 2. The average molecular weight is 485 g/mol. The third-order valence-corrected chi connectivity index (χ3v) is 5.94. The van der Waals surface area contributed by atoms with Crippen LogP contribution in [0.4, 0.5) is 11.4 Å². The molecule has 182 valence electrons. The number of phenolic OH excluding ortho intramolecular Hbond substituents is 1. The number of benzene rings is 3. The van der Waals surface area contributed by atoms with Crippen molar-refractivity contribution in [1.82, 2.24) is 4.57 Å². The Kier molecular flexibility index (Phi) is 5.40. The van der Waals surface area contributed by atoms with Gasteiger partial charge >= 0.3 is 11.9 Å². The van der Waals surface area contributed by atoms with E-state index in [0.29, 0.717) is 11.4 Å². The van der Waals surface area contributed by atoms with Gasteiger partial charge in [0.1, 0.15) is 5.75 Å². The Morgan fingerprint density at radius 2 is 1.56 bits per heavy atom. The molecule has 3 aromatic carbocycles. The van der Waals surface area contributed by atoms with Crippen LogP contribution in [0, 0.1) is 0 Å². The molecule has 1 aliphatic rings. The van der Waals surface area contributed by atoms with Crippen molar-refractivity contribution in [3.63, 3.8) is 0 Å². The molecule has 1 fully saturated rings. The van der Waals surface area contributed by atoms with Gasteiger partial charge in [0.05, 0.1) is 22.5 Å². The Hall–Kier alpha value is -4.79. The average Bonchev–Trinajstić information content (AvgIpc) is 3.09.